The third kappa shape index (κ3) is 1.50. The van der Waals surface area contributed by atoms with Crippen molar-refractivity contribution in [1.29, 1.82) is 0 Å². The van der Waals surface area contributed by atoms with E-state index in [-0.39, 0.29) is 5.52 Å². The maximum atomic E-state index is 12.2. The summed E-state index contributed by atoms with van der Waals surface area (Å²) >= 11 is 0. The van der Waals surface area contributed by atoms with Crippen LogP contribution in [0.3, 0.4) is 0 Å². The van der Waals surface area contributed by atoms with Crippen LogP contribution in [0, 0.1) is 0 Å². The average molecular weight is 199 g/mol. The van der Waals surface area contributed by atoms with Crippen molar-refractivity contribution >= 4 is 11.0 Å². The highest BCUT2D eigenvalue weighted by Crippen LogP contribution is 2.28. The van der Waals surface area contributed by atoms with E-state index in [2.05, 4.69) is 15.0 Å². The lowest BCUT2D eigenvalue weighted by Crippen LogP contribution is -2.07. The van der Waals surface area contributed by atoms with E-state index in [9.17, 15) is 13.2 Å². The minimum absolute atomic E-state index is 0.141. The second kappa shape index (κ2) is 2.90. The molecular weight excluding hydrogens is 195 g/mol. The van der Waals surface area contributed by atoms with Gasteiger partial charge in [-0.1, -0.05) is 0 Å². The summed E-state index contributed by atoms with van der Waals surface area (Å²) in [5, 5.41) is 0. The molecule has 0 unspecified atom stereocenters. The maximum absolute atomic E-state index is 12.2. The molecule has 14 heavy (non-hydrogen) atoms. The molecule has 0 aromatic carbocycles. The fraction of sp³-hybridized carbons (Fsp3) is 0.125. The fourth-order valence-corrected chi connectivity index (χ4v) is 1.03. The van der Waals surface area contributed by atoms with E-state index in [1.54, 1.807) is 0 Å². The van der Waals surface area contributed by atoms with E-state index < -0.39 is 11.9 Å². The van der Waals surface area contributed by atoms with Gasteiger partial charge in [-0.2, -0.15) is 13.2 Å². The number of hydrogen-bond acceptors (Lipinski definition) is 3. The molecule has 0 aliphatic carbocycles. The zero-order valence-electron chi connectivity index (χ0n) is 6.78. The Morgan fingerprint density at radius 3 is 2.57 bits per heavy atom. The molecule has 0 aliphatic heterocycles. The van der Waals surface area contributed by atoms with E-state index in [0.717, 1.165) is 6.07 Å². The summed E-state index contributed by atoms with van der Waals surface area (Å²) in [6, 6.07) is 2.17. The van der Waals surface area contributed by atoms with Gasteiger partial charge in [-0.3, -0.25) is 0 Å². The molecule has 72 valence electrons. The topological polar surface area (TPSA) is 38.7 Å². The fourth-order valence-electron chi connectivity index (χ4n) is 1.03. The van der Waals surface area contributed by atoms with E-state index in [4.69, 9.17) is 0 Å². The molecule has 0 saturated carbocycles. The van der Waals surface area contributed by atoms with Crippen LogP contribution in [-0.4, -0.2) is 15.0 Å². The van der Waals surface area contributed by atoms with Crippen molar-refractivity contribution in [1.82, 2.24) is 15.0 Å². The van der Waals surface area contributed by atoms with Gasteiger partial charge in [0.1, 0.15) is 17.5 Å². The van der Waals surface area contributed by atoms with Crippen LogP contribution in [0.15, 0.2) is 24.7 Å². The van der Waals surface area contributed by atoms with Crippen LogP contribution in [0.4, 0.5) is 13.2 Å². The predicted octanol–water partition coefficient (Wildman–Crippen LogP) is 2.04. The molecule has 2 rings (SSSR count). The first-order valence-electron chi connectivity index (χ1n) is 3.71. The van der Waals surface area contributed by atoms with Gasteiger partial charge < -0.3 is 0 Å². The molecule has 0 radical (unpaired) electrons. The van der Waals surface area contributed by atoms with Gasteiger partial charge in [0, 0.05) is 0 Å². The molecule has 0 fully saturated rings. The van der Waals surface area contributed by atoms with Gasteiger partial charge in [0.2, 0.25) is 0 Å². The molecule has 2 heterocycles. The normalized spacial score (nSPS) is 11.9. The van der Waals surface area contributed by atoms with Crippen LogP contribution < -0.4 is 0 Å². The third-order valence-electron chi connectivity index (χ3n) is 1.65. The van der Waals surface area contributed by atoms with Crippen LogP contribution >= 0.6 is 0 Å². The van der Waals surface area contributed by atoms with Gasteiger partial charge in [-0.25, -0.2) is 15.0 Å². The quantitative estimate of drug-likeness (QED) is 0.651. The molecule has 0 amide bonds. The molecule has 0 bridgehead atoms. The Morgan fingerprint density at radius 2 is 1.86 bits per heavy atom. The number of fused-ring (bicyclic) bond motifs is 1. The van der Waals surface area contributed by atoms with Gasteiger partial charge in [-0.15, -0.1) is 0 Å². The second-order valence-corrected chi connectivity index (χ2v) is 2.62. The summed E-state index contributed by atoms with van der Waals surface area (Å²) in [7, 11) is 0. The van der Waals surface area contributed by atoms with Crippen LogP contribution in [0.2, 0.25) is 0 Å². The van der Waals surface area contributed by atoms with Crippen molar-refractivity contribution in [2.45, 2.75) is 6.18 Å². The minimum Gasteiger partial charge on any atom is -0.243 e. The van der Waals surface area contributed by atoms with Crippen molar-refractivity contribution in [2.75, 3.05) is 0 Å². The van der Waals surface area contributed by atoms with Gasteiger partial charge in [0.25, 0.3) is 0 Å². The molecule has 2 aromatic heterocycles. The van der Waals surface area contributed by atoms with E-state index in [0.29, 0.717) is 5.52 Å². The van der Waals surface area contributed by atoms with Gasteiger partial charge in [0.05, 0.1) is 11.7 Å². The Balaban J connectivity index is 2.63. The Kier molecular flexibility index (Phi) is 1.83. The van der Waals surface area contributed by atoms with Gasteiger partial charge >= 0.3 is 6.18 Å². The Morgan fingerprint density at radius 1 is 1.07 bits per heavy atom. The lowest BCUT2D eigenvalue weighted by atomic mass is 10.3. The van der Waals surface area contributed by atoms with Crippen molar-refractivity contribution in [3.05, 3.63) is 30.4 Å². The molecular formula is C8H4F3N3. The lowest BCUT2D eigenvalue weighted by molar-refractivity contribution is -0.140. The number of pyridine rings is 1. The first-order chi connectivity index (χ1) is 6.57. The summed E-state index contributed by atoms with van der Waals surface area (Å²) in [4.78, 5) is 10.8. The van der Waals surface area contributed by atoms with Crippen LogP contribution in [0.1, 0.15) is 5.69 Å². The lowest BCUT2D eigenvalue weighted by Gasteiger charge is -2.05. The average Bonchev–Trinajstić information content (AvgIpc) is 2.16. The summed E-state index contributed by atoms with van der Waals surface area (Å²) in [5.41, 5.74) is -0.393. The number of halogens is 3. The zero-order chi connectivity index (χ0) is 10.2. The highest BCUT2D eigenvalue weighted by Gasteiger charge is 2.32. The molecule has 6 heteroatoms. The van der Waals surface area contributed by atoms with Crippen molar-refractivity contribution < 1.29 is 13.2 Å². The van der Waals surface area contributed by atoms with E-state index in [1.807, 2.05) is 0 Å². The predicted molar refractivity (Wildman–Crippen MR) is 42.3 cm³/mol. The summed E-state index contributed by atoms with van der Waals surface area (Å²) in [5.74, 6) is 0. The highest BCUT2D eigenvalue weighted by atomic mass is 19.4. The summed E-state index contributed by atoms with van der Waals surface area (Å²) in [6.45, 7) is 0. The molecule has 0 aliphatic rings. The Labute approximate surface area is 76.6 Å². The van der Waals surface area contributed by atoms with Gasteiger partial charge in [0.15, 0.2) is 0 Å². The van der Waals surface area contributed by atoms with Crippen LogP contribution in [0.5, 0.6) is 0 Å². The number of nitrogens with zero attached hydrogens (tertiary/aromatic N) is 3. The number of hydrogen-bond donors (Lipinski definition) is 0. The smallest absolute Gasteiger partial charge is 0.243 e. The first kappa shape index (κ1) is 8.86. The number of aromatic nitrogens is 3. The molecule has 0 atom stereocenters. The zero-order valence-corrected chi connectivity index (χ0v) is 6.78. The largest absolute Gasteiger partial charge is 0.433 e. The third-order valence-corrected chi connectivity index (χ3v) is 1.65. The second-order valence-electron chi connectivity index (χ2n) is 2.62. The van der Waals surface area contributed by atoms with E-state index in [1.165, 1.54) is 18.6 Å². The van der Waals surface area contributed by atoms with Crippen molar-refractivity contribution in [2.24, 2.45) is 0 Å². The molecule has 2 aromatic rings. The SMILES string of the molecule is FC(F)(F)c1ccc2ncncc2n1. The maximum Gasteiger partial charge on any atom is 0.433 e. The standard InChI is InChI=1S/C8H4F3N3/c9-8(10,11)7-2-1-5-6(14-7)3-12-4-13-5/h1-4H. The monoisotopic (exact) mass is 199 g/mol. The number of rotatable bonds is 0. The summed E-state index contributed by atoms with van der Waals surface area (Å²) < 4.78 is 36.6. The molecule has 0 saturated heterocycles. The van der Waals surface area contributed by atoms with E-state index >= 15 is 0 Å². The van der Waals surface area contributed by atoms with Crippen molar-refractivity contribution in [3.63, 3.8) is 0 Å². The number of alkyl halides is 3. The Hall–Kier alpha value is -1.72. The highest BCUT2D eigenvalue weighted by molar-refractivity contribution is 5.72. The first-order valence-corrected chi connectivity index (χ1v) is 3.71. The molecule has 0 N–H and O–H groups in total. The molecule has 3 nitrogen and oxygen atoms in total. The van der Waals surface area contributed by atoms with Gasteiger partial charge in [-0.05, 0) is 12.1 Å². The minimum atomic E-state index is -4.43. The van der Waals surface area contributed by atoms with Crippen LogP contribution in [0.25, 0.3) is 11.0 Å². The Bertz CT molecular complexity index is 467. The van der Waals surface area contributed by atoms with Crippen molar-refractivity contribution in [3.8, 4) is 0 Å². The van der Waals surface area contributed by atoms with Crippen LogP contribution in [-0.2, 0) is 6.18 Å². The summed E-state index contributed by atoms with van der Waals surface area (Å²) in [6.07, 6.45) is -1.92. The molecule has 0 spiro atoms.